The molecular formula is C12H23N3O4. The molecule has 1 fully saturated rings. The average Bonchev–Trinajstić information content (AvgIpc) is 2.49. The summed E-state index contributed by atoms with van der Waals surface area (Å²) < 4.78 is 5.11. The molecule has 7 heteroatoms. The van der Waals surface area contributed by atoms with Crippen LogP contribution in [0.5, 0.6) is 0 Å². The molecule has 0 spiro atoms. The van der Waals surface area contributed by atoms with Crippen LogP contribution < -0.4 is 16.0 Å². The summed E-state index contributed by atoms with van der Waals surface area (Å²) in [7, 11) is 0. The van der Waals surface area contributed by atoms with Gasteiger partial charge in [0.25, 0.3) is 0 Å². The Morgan fingerprint density at radius 1 is 1.53 bits per heavy atom. The Morgan fingerprint density at radius 2 is 2.16 bits per heavy atom. The molecule has 2 amide bonds. The zero-order valence-electron chi connectivity index (χ0n) is 11.9. The molecule has 110 valence electrons. The van der Waals surface area contributed by atoms with Gasteiger partial charge in [0.1, 0.15) is 11.1 Å². The fraction of sp³-hybridized carbons (Fsp3) is 0.833. The number of aliphatic hydroxyl groups excluding tert-OH is 1. The van der Waals surface area contributed by atoms with Gasteiger partial charge in [-0.25, -0.2) is 4.79 Å². The third-order valence-electron chi connectivity index (χ3n) is 2.73. The third-order valence-corrected chi connectivity index (χ3v) is 2.73. The number of carbonyl (C=O) groups excluding carboxylic acids is 2. The van der Waals surface area contributed by atoms with Crippen molar-refractivity contribution < 1.29 is 19.4 Å². The molecule has 0 bridgehead atoms. The molecule has 2 unspecified atom stereocenters. The van der Waals surface area contributed by atoms with Crippen LogP contribution in [-0.2, 0) is 9.53 Å². The van der Waals surface area contributed by atoms with Gasteiger partial charge in [-0.2, -0.15) is 0 Å². The number of rotatable bonds is 4. The first-order valence-corrected chi connectivity index (χ1v) is 6.42. The molecule has 19 heavy (non-hydrogen) atoms. The van der Waals surface area contributed by atoms with E-state index in [4.69, 9.17) is 4.74 Å². The quantitative estimate of drug-likeness (QED) is 0.580. The van der Waals surface area contributed by atoms with Crippen molar-refractivity contribution in [3.8, 4) is 0 Å². The van der Waals surface area contributed by atoms with E-state index in [2.05, 4.69) is 16.0 Å². The number of nitrogens with one attached hydrogen (secondary N) is 3. The van der Waals surface area contributed by atoms with Crippen LogP contribution in [0.15, 0.2) is 0 Å². The van der Waals surface area contributed by atoms with E-state index in [0.717, 1.165) is 6.42 Å². The molecule has 2 atom stereocenters. The second-order valence-electron chi connectivity index (χ2n) is 5.71. The van der Waals surface area contributed by atoms with Gasteiger partial charge in [0.2, 0.25) is 5.91 Å². The molecule has 1 aliphatic heterocycles. The lowest BCUT2D eigenvalue weighted by Crippen LogP contribution is -2.56. The topological polar surface area (TPSA) is 99.7 Å². The van der Waals surface area contributed by atoms with E-state index in [1.807, 2.05) is 6.92 Å². The van der Waals surface area contributed by atoms with Gasteiger partial charge in [-0.3, -0.25) is 10.1 Å². The maximum absolute atomic E-state index is 11.9. The highest BCUT2D eigenvalue weighted by Gasteiger charge is 2.45. The first-order chi connectivity index (χ1) is 8.68. The van der Waals surface area contributed by atoms with Gasteiger partial charge >= 0.3 is 6.09 Å². The average molecular weight is 273 g/mol. The van der Waals surface area contributed by atoms with Crippen LogP contribution in [0.2, 0.25) is 0 Å². The van der Waals surface area contributed by atoms with E-state index in [-0.39, 0.29) is 12.5 Å². The molecule has 0 aromatic heterocycles. The number of amides is 2. The van der Waals surface area contributed by atoms with Crippen LogP contribution >= 0.6 is 0 Å². The van der Waals surface area contributed by atoms with Crippen LogP contribution in [0.1, 0.15) is 40.5 Å². The fourth-order valence-electron chi connectivity index (χ4n) is 2.00. The summed E-state index contributed by atoms with van der Waals surface area (Å²) in [5, 5.41) is 17.1. The predicted octanol–water partition coefficient (Wildman–Crippen LogP) is 0.0453. The van der Waals surface area contributed by atoms with Gasteiger partial charge in [0.15, 0.2) is 6.35 Å². The van der Waals surface area contributed by atoms with Crippen LogP contribution in [0.25, 0.3) is 0 Å². The molecule has 1 saturated heterocycles. The smallest absolute Gasteiger partial charge is 0.407 e. The van der Waals surface area contributed by atoms with Gasteiger partial charge in [-0.1, -0.05) is 13.3 Å². The Kier molecular flexibility index (Phi) is 4.75. The van der Waals surface area contributed by atoms with Gasteiger partial charge in [0, 0.05) is 6.54 Å². The molecule has 7 nitrogen and oxygen atoms in total. The van der Waals surface area contributed by atoms with Crippen molar-refractivity contribution in [3.63, 3.8) is 0 Å². The van der Waals surface area contributed by atoms with Gasteiger partial charge in [-0.15, -0.1) is 0 Å². The summed E-state index contributed by atoms with van der Waals surface area (Å²) in [6, 6.07) is 0. The summed E-state index contributed by atoms with van der Waals surface area (Å²) in [5.74, 6) is -0.321. The monoisotopic (exact) mass is 273 g/mol. The first-order valence-electron chi connectivity index (χ1n) is 6.42. The van der Waals surface area contributed by atoms with E-state index >= 15 is 0 Å². The predicted molar refractivity (Wildman–Crippen MR) is 69.2 cm³/mol. The third kappa shape index (κ3) is 4.36. The lowest BCUT2D eigenvalue weighted by atomic mass is 9.94. The Labute approximate surface area is 113 Å². The Bertz CT molecular complexity index is 353. The van der Waals surface area contributed by atoms with E-state index < -0.39 is 23.6 Å². The van der Waals surface area contributed by atoms with E-state index in [0.29, 0.717) is 6.42 Å². The van der Waals surface area contributed by atoms with Crippen LogP contribution in [0.3, 0.4) is 0 Å². The molecule has 0 aromatic rings. The minimum atomic E-state index is -1.08. The molecule has 0 radical (unpaired) electrons. The number of hydrogen-bond donors (Lipinski definition) is 4. The summed E-state index contributed by atoms with van der Waals surface area (Å²) in [4.78, 5) is 23.5. The highest BCUT2D eigenvalue weighted by Crippen LogP contribution is 2.18. The zero-order valence-corrected chi connectivity index (χ0v) is 11.9. The van der Waals surface area contributed by atoms with Crippen LogP contribution in [0, 0.1) is 0 Å². The first kappa shape index (κ1) is 15.7. The summed E-state index contributed by atoms with van der Waals surface area (Å²) in [5.41, 5.74) is -1.57. The van der Waals surface area contributed by atoms with Gasteiger partial charge in [0.05, 0.1) is 0 Å². The minimum Gasteiger partial charge on any atom is -0.444 e. The number of hydrogen-bond acceptors (Lipinski definition) is 5. The second-order valence-corrected chi connectivity index (χ2v) is 5.71. The summed E-state index contributed by atoms with van der Waals surface area (Å²) in [6.07, 6.45) is -0.423. The van der Waals surface area contributed by atoms with Crippen molar-refractivity contribution in [1.29, 1.82) is 0 Å². The number of aliphatic hydroxyl groups is 1. The fourth-order valence-corrected chi connectivity index (χ4v) is 2.00. The normalized spacial score (nSPS) is 27.0. The molecule has 4 N–H and O–H groups in total. The largest absolute Gasteiger partial charge is 0.444 e. The summed E-state index contributed by atoms with van der Waals surface area (Å²) in [6.45, 7) is 7.28. The maximum atomic E-state index is 11.9. The van der Waals surface area contributed by atoms with Crippen molar-refractivity contribution in [2.24, 2.45) is 0 Å². The van der Waals surface area contributed by atoms with Crippen molar-refractivity contribution in [3.05, 3.63) is 0 Å². The van der Waals surface area contributed by atoms with E-state index in [1.165, 1.54) is 0 Å². The van der Waals surface area contributed by atoms with Crippen molar-refractivity contribution in [2.75, 3.05) is 6.54 Å². The highest BCUT2D eigenvalue weighted by atomic mass is 16.6. The highest BCUT2D eigenvalue weighted by molar-refractivity contribution is 5.89. The lowest BCUT2D eigenvalue weighted by Gasteiger charge is -2.27. The number of alkyl carbamates (subject to hydrolysis) is 1. The molecule has 1 aliphatic rings. The molecule has 0 saturated carbocycles. The molecule has 1 heterocycles. The Balaban J connectivity index is 2.61. The van der Waals surface area contributed by atoms with Gasteiger partial charge in [-0.05, 0) is 27.2 Å². The van der Waals surface area contributed by atoms with Crippen molar-refractivity contribution in [1.82, 2.24) is 16.0 Å². The van der Waals surface area contributed by atoms with E-state index in [1.54, 1.807) is 20.8 Å². The zero-order chi connectivity index (χ0) is 14.7. The van der Waals surface area contributed by atoms with Gasteiger partial charge < -0.3 is 20.5 Å². The molecule has 0 aromatic carbocycles. The lowest BCUT2D eigenvalue weighted by molar-refractivity contribution is -0.124. The maximum Gasteiger partial charge on any atom is 0.407 e. The standard InChI is InChI=1S/C12H23N3O4/c1-5-6-12(8(16)14-9(17)15-12)7-13-10(18)19-11(2,3)4/h9,15,17H,5-7H2,1-4H3,(H,13,18)(H,14,16). The molecular weight excluding hydrogens is 250 g/mol. The number of ether oxygens (including phenoxy) is 1. The Hall–Kier alpha value is -1.34. The van der Waals surface area contributed by atoms with E-state index in [9.17, 15) is 14.7 Å². The van der Waals surface area contributed by atoms with Crippen molar-refractivity contribution >= 4 is 12.0 Å². The summed E-state index contributed by atoms with van der Waals surface area (Å²) >= 11 is 0. The minimum absolute atomic E-state index is 0.0681. The Morgan fingerprint density at radius 3 is 2.58 bits per heavy atom. The molecule has 0 aliphatic carbocycles. The van der Waals surface area contributed by atoms with Crippen LogP contribution in [0.4, 0.5) is 4.79 Å². The second kappa shape index (κ2) is 5.75. The van der Waals surface area contributed by atoms with Crippen molar-refractivity contribution in [2.45, 2.75) is 58.0 Å². The molecule has 1 rings (SSSR count). The SMILES string of the molecule is CCCC1(CNC(=O)OC(C)(C)C)NC(O)NC1=O. The van der Waals surface area contributed by atoms with Crippen LogP contribution in [-0.4, -0.2) is 41.1 Å². The number of carbonyl (C=O) groups is 2.